The number of carbonyl (C=O) groups is 1. The van der Waals surface area contributed by atoms with Gasteiger partial charge in [0.1, 0.15) is 5.60 Å². The molecule has 3 unspecified atom stereocenters. The normalized spacial score (nSPS) is 25.0. The Balaban J connectivity index is 1.78. The zero-order valence-corrected chi connectivity index (χ0v) is 13.5. The molecule has 1 saturated carbocycles. The first kappa shape index (κ1) is 16.8. The van der Waals surface area contributed by atoms with E-state index < -0.39 is 11.7 Å². The minimum absolute atomic E-state index is 0.0649. The molecule has 0 heterocycles. The number of hydrogen-bond acceptors (Lipinski definition) is 4. The second-order valence-electron chi connectivity index (χ2n) is 6.81. The molecule has 5 nitrogen and oxygen atoms in total. The van der Waals surface area contributed by atoms with Crippen LogP contribution in [0.25, 0.3) is 0 Å². The maximum Gasteiger partial charge on any atom is 0.407 e. The van der Waals surface area contributed by atoms with Crippen molar-refractivity contribution in [1.82, 2.24) is 5.32 Å². The minimum Gasteiger partial charge on any atom is -0.444 e. The lowest BCUT2D eigenvalue weighted by atomic mass is 10.2. The summed E-state index contributed by atoms with van der Waals surface area (Å²) in [5, 5.41) is 2.85. The Kier molecular flexibility index (Phi) is 5.42. The summed E-state index contributed by atoms with van der Waals surface area (Å²) in [5.41, 5.74) is 6.73. The van der Waals surface area contributed by atoms with Gasteiger partial charge in [0.25, 0.3) is 0 Å². The van der Waals surface area contributed by atoms with E-state index in [0.29, 0.717) is 13.0 Å². The Morgan fingerprint density at radius 1 is 1.27 bits per heavy atom. The molecule has 0 bridgehead atoms. The van der Waals surface area contributed by atoms with Crippen molar-refractivity contribution in [3.63, 3.8) is 0 Å². The maximum absolute atomic E-state index is 11.8. The van der Waals surface area contributed by atoms with Crippen LogP contribution in [0, 0.1) is 0 Å². The molecule has 0 spiro atoms. The first-order chi connectivity index (χ1) is 10.3. The van der Waals surface area contributed by atoms with E-state index in [1.54, 1.807) is 0 Å². The number of nitrogens with two attached hydrogens (primary N) is 1. The first-order valence-corrected chi connectivity index (χ1v) is 7.74. The Morgan fingerprint density at radius 2 is 1.95 bits per heavy atom. The lowest BCUT2D eigenvalue weighted by Crippen LogP contribution is -2.45. The molecule has 1 amide bonds. The highest BCUT2D eigenvalue weighted by molar-refractivity contribution is 5.68. The number of amides is 1. The lowest BCUT2D eigenvalue weighted by Gasteiger charge is -2.23. The topological polar surface area (TPSA) is 73.6 Å². The van der Waals surface area contributed by atoms with Gasteiger partial charge in [0.05, 0.1) is 12.7 Å². The third-order valence-corrected chi connectivity index (χ3v) is 3.60. The number of alkyl carbamates (subject to hydrolysis) is 1. The first-order valence-electron chi connectivity index (χ1n) is 7.74. The summed E-state index contributed by atoms with van der Waals surface area (Å²) in [5.74, 6) is 0. The molecule has 0 aliphatic heterocycles. The second kappa shape index (κ2) is 7.11. The van der Waals surface area contributed by atoms with E-state index in [-0.39, 0.29) is 18.2 Å². The van der Waals surface area contributed by atoms with Crippen molar-refractivity contribution >= 4 is 6.09 Å². The molecule has 1 aliphatic rings. The van der Waals surface area contributed by atoms with Crippen molar-refractivity contribution in [2.24, 2.45) is 5.73 Å². The molecule has 1 fully saturated rings. The van der Waals surface area contributed by atoms with Crippen LogP contribution >= 0.6 is 0 Å². The van der Waals surface area contributed by atoms with Gasteiger partial charge >= 0.3 is 6.09 Å². The summed E-state index contributed by atoms with van der Waals surface area (Å²) in [7, 11) is 0. The summed E-state index contributed by atoms with van der Waals surface area (Å²) >= 11 is 0. The predicted molar refractivity (Wildman–Crippen MR) is 85.4 cm³/mol. The standard InChI is InChI=1S/C17H26N2O3/c1-17(2,3)22-16(20)19-15-10-13(9-14(15)18)21-11-12-7-5-4-6-8-12/h4-8,13-15H,9-11,18H2,1-3H3,(H,19,20). The summed E-state index contributed by atoms with van der Waals surface area (Å²) in [6.45, 7) is 6.09. The van der Waals surface area contributed by atoms with E-state index in [1.165, 1.54) is 0 Å². The van der Waals surface area contributed by atoms with Gasteiger partial charge in [0, 0.05) is 12.1 Å². The summed E-state index contributed by atoms with van der Waals surface area (Å²) in [4.78, 5) is 11.8. The molecular formula is C17H26N2O3. The molecule has 1 aliphatic carbocycles. The van der Waals surface area contributed by atoms with Crippen molar-refractivity contribution in [3.05, 3.63) is 35.9 Å². The zero-order chi connectivity index (χ0) is 16.2. The van der Waals surface area contributed by atoms with E-state index in [9.17, 15) is 4.79 Å². The van der Waals surface area contributed by atoms with Crippen LogP contribution in [0.4, 0.5) is 4.79 Å². The van der Waals surface area contributed by atoms with E-state index >= 15 is 0 Å². The quantitative estimate of drug-likeness (QED) is 0.896. The smallest absolute Gasteiger partial charge is 0.407 e. The van der Waals surface area contributed by atoms with Crippen molar-refractivity contribution in [1.29, 1.82) is 0 Å². The molecule has 5 heteroatoms. The van der Waals surface area contributed by atoms with E-state index in [2.05, 4.69) is 5.32 Å². The number of rotatable bonds is 4. The van der Waals surface area contributed by atoms with Crippen molar-refractivity contribution in [2.75, 3.05) is 0 Å². The van der Waals surface area contributed by atoms with Crippen LogP contribution < -0.4 is 11.1 Å². The Labute approximate surface area is 132 Å². The molecule has 3 N–H and O–H groups in total. The fraction of sp³-hybridized carbons (Fsp3) is 0.588. The highest BCUT2D eigenvalue weighted by Crippen LogP contribution is 2.23. The largest absolute Gasteiger partial charge is 0.444 e. The van der Waals surface area contributed by atoms with Gasteiger partial charge in [-0.25, -0.2) is 4.79 Å². The van der Waals surface area contributed by atoms with Gasteiger partial charge in [-0.15, -0.1) is 0 Å². The fourth-order valence-corrected chi connectivity index (χ4v) is 2.57. The van der Waals surface area contributed by atoms with Crippen LogP contribution in [0.3, 0.4) is 0 Å². The SMILES string of the molecule is CC(C)(C)OC(=O)NC1CC(OCc2ccccc2)CC1N. The molecule has 2 rings (SSSR count). The third-order valence-electron chi connectivity index (χ3n) is 3.60. The van der Waals surface area contributed by atoms with Crippen LogP contribution in [0.1, 0.15) is 39.2 Å². The van der Waals surface area contributed by atoms with Crippen LogP contribution in [0.5, 0.6) is 0 Å². The molecule has 1 aromatic rings. The second-order valence-corrected chi connectivity index (χ2v) is 6.81. The van der Waals surface area contributed by atoms with E-state index in [1.807, 2.05) is 51.1 Å². The van der Waals surface area contributed by atoms with Gasteiger partial charge in [0.2, 0.25) is 0 Å². The van der Waals surface area contributed by atoms with Gasteiger partial charge in [-0.3, -0.25) is 0 Å². The van der Waals surface area contributed by atoms with Crippen LogP contribution in [0.15, 0.2) is 30.3 Å². The van der Waals surface area contributed by atoms with Crippen LogP contribution in [-0.4, -0.2) is 29.9 Å². The molecule has 122 valence electrons. The lowest BCUT2D eigenvalue weighted by molar-refractivity contribution is 0.0400. The van der Waals surface area contributed by atoms with E-state index in [4.69, 9.17) is 15.2 Å². The van der Waals surface area contributed by atoms with Gasteiger partial charge in [-0.05, 0) is 39.2 Å². The number of hydrogen-bond donors (Lipinski definition) is 2. The van der Waals surface area contributed by atoms with E-state index in [0.717, 1.165) is 12.0 Å². The molecular weight excluding hydrogens is 280 g/mol. The van der Waals surface area contributed by atoms with Crippen molar-refractivity contribution < 1.29 is 14.3 Å². The van der Waals surface area contributed by atoms with Gasteiger partial charge in [-0.2, -0.15) is 0 Å². The van der Waals surface area contributed by atoms with Crippen molar-refractivity contribution in [2.45, 2.75) is 64.0 Å². The van der Waals surface area contributed by atoms with Gasteiger partial charge < -0.3 is 20.5 Å². The number of carbonyl (C=O) groups excluding carboxylic acids is 1. The molecule has 0 aromatic heterocycles. The Hall–Kier alpha value is -1.59. The van der Waals surface area contributed by atoms with Gasteiger partial charge in [0.15, 0.2) is 0 Å². The Bertz CT molecular complexity index is 484. The summed E-state index contributed by atoms with van der Waals surface area (Å²) in [6.07, 6.45) is 1.10. The Morgan fingerprint density at radius 3 is 2.59 bits per heavy atom. The zero-order valence-electron chi connectivity index (χ0n) is 13.5. The molecule has 1 aromatic carbocycles. The molecule has 0 saturated heterocycles. The molecule has 0 radical (unpaired) electrons. The summed E-state index contributed by atoms with van der Waals surface area (Å²) < 4.78 is 11.2. The number of benzene rings is 1. The predicted octanol–water partition coefficient (Wildman–Crippen LogP) is 2.59. The number of ether oxygens (including phenoxy) is 2. The minimum atomic E-state index is -0.504. The fourth-order valence-electron chi connectivity index (χ4n) is 2.57. The average Bonchev–Trinajstić information content (AvgIpc) is 2.76. The summed E-state index contributed by atoms with van der Waals surface area (Å²) in [6, 6.07) is 9.83. The average molecular weight is 306 g/mol. The van der Waals surface area contributed by atoms with Crippen LogP contribution in [-0.2, 0) is 16.1 Å². The number of nitrogens with one attached hydrogen (secondary N) is 1. The maximum atomic E-state index is 11.8. The van der Waals surface area contributed by atoms with Crippen molar-refractivity contribution in [3.8, 4) is 0 Å². The molecule has 3 atom stereocenters. The third kappa shape index (κ3) is 5.31. The highest BCUT2D eigenvalue weighted by Gasteiger charge is 2.34. The van der Waals surface area contributed by atoms with Crippen LogP contribution in [0.2, 0.25) is 0 Å². The van der Waals surface area contributed by atoms with Gasteiger partial charge in [-0.1, -0.05) is 30.3 Å². The molecule has 22 heavy (non-hydrogen) atoms. The monoisotopic (exact) mass is 306 g/mol. The highest BCUT2D eigenvalue weighted by atomic mass is 16.6.